The second-order valence-corrected chi connectivity index (χ2v) is 7.23. The Morgan fingerprint density at radius 2 is 1.83 bits per heavy atom. The van der Waals surface area contributed by atoms with Gasteiger partial charge in [-0.1, -0.05) is 43.2 Å². The summed E-state index contributed by atoms with van der Waals surface area (Å²) >= 11 is 0. The lowest BCUT2D eigenvalue weighted by atomic mass is 9.77. The maximum atomic E-state index is 12.6. The van der Waals surface area contributed by atoms with Crippen LogP contribution in [0.15, 0.2) is 30.3 Å². The number of hydrogen-bond acceptors (Lipinski definition) is 5. The molecule has 0 bridgehead atoms. The van der Waals surface area contributed by atoms with Gasteiger partial charge in [0.15, 0.2) is 0 Å². The van der Waals surface area contributed by atoms with Gasteiger partial charge in [-0.2, -0.15) is 5.26 Å². The van der Waals surface area contributed by atoms with Gasteiger partial charge in [0, 0.05) is 32.0 Å². The second kappa shape index (κ2) is 12.9. The topological polar surface area (TPSA) is 91.7 Å². The van der Waals surface area contributed by atoms with Gasteiger partial charge in [-0.3, -0.25) is 9.59 Å². The van der Waals surface area contributed by atoms with Gasteiger partial charge >= 0.3 is 0 Å². The number of rotatable bonds is 5. The van der Waals surface area contributed by atoms with Crippen molar-refractivity contribution in [1.29, 1.82) is 5.26 Å². The summed E-state index contributed by atoms with van der Waals surface area (Å²) in [6.07, 6.45) is 3.46. The van der Waals surface area contributed by atoms with Gasteiger partial charge < -0.3 is 19.7 Å². The molecule has 1 aromatic carbocycles. The van der Waals surface area contributed by atoms with E-state index in [9.17, 15) is 9.59 Å². The molecule has 2 unspecified atom stereocenters. The van der Waals surface area contributed by atoms with E-state index in [0.717, 1.165) is 25.7 Å². The average molecular weight is 402 g/mol. The molecule has 1 heterocycles. The summed E-state index contributed by atoms with van der Waals surface area (Å²) in [5.74, 6) is -0.601. The molecule has 3 rings (SSSR count). The largest absolute Gasteiger partial charge is 0.380 e. The van der Waals surface area contributed by atoms with Crippen LogP contribution in [0.2, 0.25) is 0 Å². The van der Waals surface area contributed by atoms with E-state index in [1.165, 1.54) is 5.56 Å². The molecule has 1 aliphatic carbocycles. The van der Waals surface area contributed by atoms with Crippen LogP contribution in [0.4, 0.5) is 0 Å². The maximum absolute atomic E-state index is 12.6. The highest BCUT2D eigenvalue weighted by atomic mass is 16.5. The van der Waals surface area contributed by atoms with Crippen LogP contribution < -0.4 is 5.32 Å². The fraction of sp³-hybridized carbons (Fsp3) is 0.591. The molecule has 0 radical (unpaired) electrons. The predicted octanol–water partition coefficient (Wildman–Crippen LogP) is 2.12. The monoisotopic (exact) mass is 401 g/mol. The summed E-state index contributed by atoms with van der Waals surface area (Å²) < 4.78 is 10.2. The Kier molecular flexibility index (Phi) is 10.2. The molecule has 1 saturated heterocycles. The molecule has 2 atom stereocenters. The number of methoxy groups -OCH3 is 1. The molecule has 2 aliphatic rings. The Bertz CT molecular complexity index is 668. The van der Waals surface area contributed by atoms with E-state index in [1.54, 1.807) is 7.11 Å². The van der Waals surface area contributed by atoms with Crippen molar-refractivity contribution in [2.75, 3.05) is 40.0 Å². The molecule has 0 aromatic heterocycles. The molecule has 1 N–H and O–H groups in total. The number of morpholine rings is 1. The zero-order chi connectivity index (χ0) is 20.9. The number of nitriles is 1. The second-order valence-electron chi connectivity index (χ2n) is 7.23. The fourth-order valence-electron chi connectivity index (χ4n) is 3.76. The van der Waals surface area contributed by atoms with Gasteiger partial charge in [0.2, 0.25) is 11.8 Å². The Morgan fingerprint density at radius 1 is 1.17 bits per heavy atom. The van der Waals surface area contributed by atoms with E-state index in [4.69, 9.17) is 14.7 Å². The lowest BCUT2D eigenvalue weighted by molar-refractivity contribution is -0.146. The van der Waals surface area contributed by atoms with E-state index >= 15 is 0 Å². The van der Waals surface area contributed by atoms with E-state index in [2.05, 4.69) is 5.32 Å². The molecule has 0 spiro atoms. The van der Waals surface area contributed by atoms with E-state index < -0.39 is 0 Å². The van der Waals surface area contributed by atoms with Gasteiger partial charge in [-0.15, -0.1) is 0 Å². The summed E-state index contributed by atoms with van der Waals surface area (Å²) in [7, 11) is 1.70. The molecule has 158 valence electrons. The SMILES string of the molecule is COCc1ccccc1.N#CCNC(=O)C1CCCCC1C(=O)N1CCOCC1. The van der Waals surface area contributed by atoms with Crippen LogP contribution in [0.5, 0.6) is 0 Å². The van der Waals surface area contributed by atoms with Crippen molar-refractivity contribution >= 4 is 11.8 Å². The first-order valence-electron chi connectivity index (χ1n) is 10.2. The van der Waals surface area contributed by atoms with Crippen LogP contribution in [0.25, 0.3) is 0 Å². The number of carbonyl (C=O) groups excluding carboxylic acids is 2. The lowest BCUT2D eigenvalue weighted by Crippen LogP contribution is -2.48. The third-order valence-electron chi connectivity index (χ3n) is 5.24. The number of amides is 2. The van der Waals surface area contributed by atoms with E-state index in [-0.39, 0.29) is 30.2 Å². The number of carbonyl (C=O) groups is 2. The standard InChI is InChI=1S/C14H21N3O3.C8H10O/c15-5-6-16-13(18)11-3-1-2-4-12(11)14(19)17-7-9-20-10-8-17;1-9-7-8-5-3-2-4-6-8/h11-12H,1-4,6-10H2,(H,16,18);2-6H,7H2,1H3. The van der Waals surface area contributed by atoms with Crippen molar-refractivity contribution in [3.05, 3.63) is 35.9 Å². The molecule has 1 saturated carbocycles. The van der Waals surface area contributed by atoms with Gasteiger partial charge in [-0.05, 0) is 18.4 Å². The first kappa shape index (κ1) is 22.9. The normalized spacial score (nSPS) is 21.3. The molecule has 7 heteroatoms. The van der Waals surface area contributed by atoms with Crippen molar-refractivity contribution in [2.24, 2.45) is 11.8 Å². The van der Waals surface area contributed by atoms with Gasteiger partial charge in [0.1, 0.15) is 6.54 Å². The number of nitrogens with zero attached hydrogens (tertiary/aromatic N) is 2. The van der Waals surface area contributed by atoms with Crippen LogP contribution in [0.3, 0.4) is 0 Å². The van der Waals surface area contributed by atoms with Crippen LogP contribution in [0.1, 0.15) is 31.2 Å². The Labute approximate surface area is 173 Å². The van der Waals surface area contributed by atoms with Crippen molar-refractivity contribution in [3.8, 4) is 6.07 Å². The lowest BCUT2D eigenvalue weighted by Gasteiger charge is -2.35. The maximum Gasteiger partial charge on any atom is 0.226 e. The van der Waals surface area contributed by atoms with Gasteiger partial charge in [0.25, 0.3) is 0 Å². The minimum absolute atomic E-state index is 0.00774. The van der Waals surface area contributed by atoms with Crippen LogP contribution in [0, 0.1) is 23.2 Å². The van der Waals surface area contributed by atoms with Crippen molar-refractivity contribution < 1.29 is 19.1 Å². The zero-order valence-electron chi connectivity index (χ0n) is 17.1. The average Bonchev–Trinajstić information content (AvgIpc) is 2.79. The Balaban J connectivity index is 0.000000278. The highest BCUT2D eigenvalue weighted by Crippen LogP contribution is 2.32. The van der Waals surface area contributed by atoms with Crippen LogP contribution in [-0.4, -0.2) is 56.7 Å². The number of hydrogen-bond donors (Lipinski definition) is 1. The fourth-order valence-corrected chi connectivity index (χ4v) is 3.76. The molecule has 1 aliphatic heterocycles. The molecule has 2 fully saturated rings. The van der Waals surface area contributed by atoms with E-state index in [1.807, 2.05) is 41.3 Å². The predicted molar refractivity (Wildman–Crippen MR) is 109 cm³/mol. The molecular weight excluding hydrogens is 370 g/mol. The summed E-state index contributed by atoms with van der Waals surface area (Å²) in [6.45, 7) is 3.09. The van der Waals surface area contributed by atoms with Crippen molar-refractivity contribution in [1.82, 2.24) is 10.2 Å². The highest BCUT2D eigenvalue weighted by molar-refractivity contribution is 5.88. The van der Waals surface area contributed by atoms with Crippen LogP contribution >= 0.6 is 0 Å². The summed E-state index contributed by atoms with van der Waals surface area (Å²) in [5, 5.41) is 11.1. The number of ether oxygens (including phenoxy) is 2. The quantitative estimate of drug-likeness (QED) is 0.763. The highest BCUT2D eigenvalue weighted by Gasteiger charge is 2.37. The third-order valence-corrected chi connectivity index (χ3v) is 5.24. The van der Waals surface area contributed by atoms with Crippen molar-refractivity contribution in [2.45, 2.75) is 32.3 Å². The first-order valence-corrected chi connectivity index (χ1v) is 10.2. The molecule has 7 nitrogen and oxygen atoms in total. The summed E-state index contributed by atoms with van der Waals surface area (Å²) in [4.78, 5) is 26.5. The molecule has 29 heavy (non-hydrogen) atoms. The minimum atomic E-state index is -0.285. The molecular formula is C22H31N3O4. The zero-order valence-corrected chi connectivity index (χ0v) is 17.1. The number of nitrogens with one attached hydrogen (secondary N) is 1. The first-order chi connectivity index (χ1) is 14.2. The van der Waals surface area contributed by atoms with E-state index in [0.29, 0.717) is 32.9 Å². The summed E-state index contributed by atoms with van der Waals surface area (Å²) in [6, 6.07) is 12.0. The summed E-state index contributed by atoms with van der Waals surface area (Å²) in [5.41, 5.74) is 1.22. The number of benzene rings is 1. The molecule has 2 amide bonds. The Hall–Kier alpha value is -2.43. The minimum Gasteiger partial charge on any atom is -0.380 e. The van der Waals surface area contributed by atoms with Crippen LogP contribution in [-0.2, 0) is 25.7 Å². The van der Waals surface area contributed by atoms with Gasteiger partial charge in [0.05, 0.1) is 25.9 Å². The van der Waals surface area contributed by atoms with Crippen molar-refractivity contribution in [3.63, 3.8) is 0 Å². The third kappa shape index (κ3) is 7.48. The smallest absolute Gasteiger partial charge is 0.226 e. The molecule has 1 aromatic rings. The van der Waals surface area contributed by atoms with Gasteiger partial charge in [-0.25, -0.2) is 0 Å². The Morgan fingerprint density at radius 3 is 2.45 bits per heavy atom.